The lowest BCUT2D eigenvalue weighted by molar-refractivity contribution is 0.218. The van der Waals surface area contributed by atoms with Crippen LogP contribution in [0, 0.1) is 0 Å². The smallest absolute Gasteiger partial charge is 0.0588 e. The molecule has 2 unspecified atom stereocenters. The zero-order chi connectivity index (χ0) is 12.8. The molecule has 1 heterocycles. The fourth-order valence-electron chi connectivity index (χ4n) is 2.11. The molecule has 0 bridgehead atoms. The van der Waals surface area contributed by atoms with Crippen LogP contribution in [0.5, 0.6) is 0 Å². The Balaban J connectivity index is 2.65. The number of thiophene rings is 1. The summed E-state index contributed by atoms with van der Waals surface area (Å²) in [6, 6.07) is 2.69. The van der Waals surface area contributed by atoms with Crippen LogP contribution in [0.15, 0.2) is 15.9 Å². The molecule has 0 aliphatic heterocycles. The van der Waals surface area contributed by atoms with Crippen LogP contribution in [0.4, 0.5) is 0 Å². The van der Waals surface area contributed by atoms with Crippen LogP contribution in [-0.4, -0.2) is 24.5 Å². The Morgan fingerprint density at radius 1 is 1.47 bits per heavy atom. The van der Waals surface area contributed by atoms with Crippen molar-refractivity contribution in [3.05, 3.63) is 20.8 Å². The maximum absolute atomic E-state index is 6.13. The standard InChI is InChI=1S/C13H23BrN2S/c1-4-5-6-7-16(3)13(10(2)15)12-8-11(14)9-17-12/h8-10,13H,4-7,15H2,1-3H3. The number of nitrogens with zero attached hydrogens (tertiary/aromatic N) is 1. The molecular weight excluding hydrogens is 296 g/mol. The first kappa shape index (κ1) is 15.2. The molecule has 4 heteroatoms. The monoisotopic (exact) mass is 318 g/mol. The molecule has 1 aromatic heterocycles. The maximum atomic E-state index is 6.13. The first-order chi connectivity index (χ1) is 8.06. The van der Waals surface area contributed by atoms with Crippen molar-refractivity contribution in [1.29, 1.82) is 0 Å². The van der Waals surface area contributed by atoms with Crippen molar-refractivity contribution >= 4 is 27.3 Å². The van der Waals surface area contributed by atoms with Gasteiger partial charge in [0.2, 0.25) is 0 Å². The minimum Gasteiger partial charge on any atom is -0.326 e. The highest BCUT2D eigenvalue weighted by Crippen LogP contribution is 2.30. The van der Waals surface area contributed by atoms with Gasteiger partial charge in [0.25, 0.3) is 0 Å². The highest BCUT2D eigenvalue weighted by Gasteiger charge is 2.22. The van der Waals surface area contributed by atoms with E-state index in [1.165, 1.54) is 24.1 Å². The summed E-state index contributed by atoms with van der Waals surface area (Å²) in [5.74, 6) is 0. The van der Waals surface area contributed by atoms with Crippen LogP contribution in [0.3, 0.4) is 0 Å². The molecule has 98 valence electrons. The Morgan fingerprint density at radius 3 is 2.65 bits per heavy atom. The van der Waals surface area contributed by atoms with Crippen molar-refractivity contribution in [2.24, 2.45) is 5.73 Å². The molecule has 0 saturated carbocycles. The molecule has 0 radical (unpaired) electrons. The van der Waals surface area contributed by atoms with E-state index < -0.39 is 0 Å². The first-order valence-electron chi connectivity index (χ1n) is 6.26. The Labute approximate surface area is 117 Å². The number of hydrogen-bond donors (Lipinski definition) is 1. The predicted octanol–water partition coefficient (Wildman–Crippen LogP) is 4.02. The van der Waals surface area contributed by atoms with Gasteiger partial charge in [0.1, 0.15) is 0 Å². The van der Waals surface area contributed by atoms with Crippen molar-refractivity contribution in [1.82, 2.24) is 4.90 Å². The molecule has 0 aromatic carbocycles. The summed E-state index contributed by atoms with van der Waals surface area (Å²) in [5, 5.41) is 2.13. The Bertz CT molecular complexity index is 325. The van der Waals surface area contributed by atoms with E-state index in [2.05, 4.69) is 53.2 Å². The third kappa shape index (κ3) is 4.70. The number of nitrogens with two attached hydrogens (primary N) is 1. The Morgan fingerprint density at radius 2 is 2.18 bits per heavy atom. The van der Waals surface area contributed by atoms with Gasteiger partial charge in [-0.05, 0) is 48.9 Å². The van der Waals surface area contributed by atoms with Gasteiger partial charge in [-0.3, -0.25) is 4.90 Å². The van der Waals surface area contributed by atoms with E-state index in [9.17, 15) is 0 Å². The fourth-order valence-corrected chi connectivity index (χ4v) is 3.84. The molecule has 2 atom stereocenters. The summed E-state index contributed by atoms with van der Waals surface area (Å²) < 4.78 is 1.16. The number of likely N-dealkylation sites (N-methyl/N-ethyl adjacent to an activating group) is 1. The minimum atomic E-state index is 0.159. The van der Waals surface area contributed by atoms with Crippen molar-refractivity contribution < 1.29 is 0 Å². The molecule has 17 heavy (non-hydrogen) atoms. The summed E-state index contributed by atoms with van der Waals surface area (Å²) in [5.41, 5.74) is 6.13. The molecule has 0 aliphatic carbocycles. The third-order valence-corrected chi connectivity index (χ3v) is 4.73. The summed E-state index contributed by atoms with van der Waals surface area (Å²) in [4.78, 5) is 3.74. The second-order valence-electron chi connectivity index (χ2n) is 4.66. The minimum absolute atomic E-state index is 0.159. The molecule has 0 spiro atoms. The lowest BCUT2D eigenvalue weighted by atomic mass is 10.1. The average molecular weight is 319 g/mol. The number of halogens is 1. The predicted molar refractivity (Wildman–Crippen MR) is 80.6 cm³/mol. The normalized spacial score (nSPS) is 15.2. The van der Waals surface area contributed by atoms with E-state index in [-0.39, 0.29) is 6.04 Å². The summed E-state index contributed by atoms with van der Waals surface area (Å²) in [6.45, 7) is 5.45. The maximum Gasteiger partial charge on any atom is 0.0588 e. The summed E-state index contributed by atoms with van der Waals surface area (Å²) in [6.07, 6.45) is 3.81. The van der Waals surface area contributed by atoms with Crippen molar-refractivity contribution in [3.63, 3.8) is 0 Å². The van der Waals surface area contributed by atoms with E-state index in [1.54, 1.807) is 11.3 Å². The van der Waals surface area contributed by atoms with Crippen molar-refractivity contribution in [2.75, 3.05) is 13.6 Å². The topological polar surface area (TPSA) is 29.3 Å². The SMILES string of the molecule is CCCCCN(C)C(c1cc(Br)cs1)C(C)N. The van der Waals surface area contributed by atoms with Crippen LogP contribution in [0.25, 0.3) is 0 Å². The van der Waals surface area contributed by atoms with Crippen LogP contribution >= 0.6 is 27.3 Å². The number of rotatable bonds is 7. The van der Waals surface area contributed by atoms with Gasteiger partial charge >= 0.3 is 0 Å². The van der Waals surface area contributed by atoms with Crippen molar-refractivity contribution in [2.45, 2.75) is 45.2 Å². The molecule has 2 N–H and O–H groups in total. The Hall–Kier alpha value is 0.1000. The van der Waals surface area contributed by atoms with Gasteiger partial charge in [-0.1, -0.05) is 19.8 Å². The molecule has 2 nitrogen and oxygen atoms in total. The summed E-state index contributed by atoms with van der Waals surface area (Å²) >= 11 is 5.30. The quantitative estimate of drug-likeness (QED) is 0.769. The van der Waals surface area contributed by atoms with Gasteiger partial charge in [0.15, 0.2) is 0 Å². The van der Waals surface area contributed by atoms with Crippen LogP contribution in [0.2, 0.25) is 0 Å². The highest BCUT2D eigenvalue weighted by atomic mass is 79.9. The first-order valence-corrected chi connectivity index (χ1v) is 7.93. The van der Waals surface area contributed by atoms with E-state index in [0.717, 1.165) is 11.0 Å². The van der Waals surface area contributed by atoms with Gasteiger partial charge in [0, 0.05) is 20.8 Å². The Kier molecular flexibility index (Phi) is 6.70. The van der Waals surface area contributed by atoms with E-state index in [4.69, 9.17) is 5.73 Å². The molecule has 0 aliphatic rings. The van der Waals surface area contributed by atoms with Gasteiger partial charge in [-0.25, -0.2) is 0 Å². The van der Waals surface area contributed by atoms with Gasteiger partial charge in [-0.15, -0.1) is 11.3 Å². The highest BCUT2D eigenvalue weighted by molar-refractivity contribution is 9.10. The molecule has 0 saturated heterocycles. The van der Waals surface area contributed by atoms with Gasteiger partial charge in [0.05, 0.1) is 6.04 Å². The van der Waals surface area contributed by atoms with Gasteiger partial charge < -0.3 is 5.73 Å². The fraction of sp³-hybridized carbons (Fsp3) is 0.692. The zero-order valence-electron chi connectivity index (χ0n) is 10.9. The van der Waals surface area contributed by atoms with E-state index in [1.807, 2.05) is 0 Å². The molecule has 1 aromatic rings. The zero-order valence-corrected chi connectivity index (χ0v) is 13.4. The van der Waals surface area contributed by atoms with E-state index >= 15 is 0 Å². The summed E-state index contributed by atoms with van der Waals surface area (Å²) in [7, 11) is 2.18. The number of unbranched alkanes of at least 4 members (excludes halogenated alkanes) is 2. The van der Waals surface area contributed by atoms with Crippen LogP contribution in [-0.2, 0) is 0 Å². The van der Waals surface area contributed by atoms with Crippen molar-refractivity contribution in [3.8, 4) is 0 Å². The molecular formula is C13H23BrN2S. The van der Waals surface area contributed by atoms with E-state index in [0.29, 0.717) is 6.04 Å². The van der Waals surface area contributed by atoms with Crippen LogP contribution < -0.4 is 5.73 Å². The second kappa shape index (κ2) is 7.52. The third-order valence-electron chi connectivity index (χ3n) is 2.97. The van der Waals surface area contributed by atoms with Crippen LogP contribution in [0.1, 0.15) is 44.0 Å². The lowest BCUT2D eigenvalue weighted by Gasteiger charge is -2.30. The molecule has 0 amide bonds. The molecule has 0 fully saturated rings. The second-order valence-corrected chi connectivity index (χ2v) is 6.52. The average Bonchev–Trinajstić information content (AvgIpc) is 2.65. The number of hydrogen-bond acceptors (Lipinski definition) is 3. The molecule has 1 rings (SSSR count). The lowest BCUT2D eigenvalue weighted by Crippen LogP contribution is -2.37. The largest absolute Gasteiger partial charge is 0.326 e. The van der Waals surface area contributed by atoms with Gasteiger partial charge in [-0.2, -0.15) is 0 Å².